The first-order chi connectivity index (χ1) is 6.86. The van der Waals surface area contributed by atoms with Crippen LogP contribution in [0.1, 0.15) is 5.56 Å². The molecule has 1 nitrogen and oxygen atoms in total. The van der Waals surface area contributed by atoms with E-state index < -0.39 is 5.12 Å². The van der Waals surface area contributed by atoms with Gasteiger partial charge in [0.2, 0.25) is 0 Å². The van der Waals surface area contributed by atoms with E-state index >= 15 is 0 Å². The molecule has 0 atom stereocenters. The van der Waals surface area contributed by atoms with Gasteiger partial charge < -0.3 is 0 Å². The molecule has 0 fully saturated rings. The lowest BCUT2D eigenvalue weighted by Gasteiger charge is -2.10. The Kier molecular flexibility index (Phi) is 4.90. The van der Waals surface area contributed by atoms with Gasteiger partial charge in [-0.1, -0.05) is 58.0 Å². The molecule has 0 saturated carbocycles. The summed E-state index contributed by atoms with van der Waals surface area (Å²) >= 11 is 32.7. The van der Waals surface area contributed by atoms with Crippen LogP contribution in [0.2, 0.25) is 25.1 Å². The lowest BCUT2D eigenvalue weighted by Crippen LogP contribution is -1.97. The summed E-state index contributed by atoms with van der Waals surface area (Å²) in [7, 11) is 0. The van der Waals surface area contributed by atoms with Crippen LogP contribution in [0.5, 0.6) is 0 Å². The molecule has 0 spiro atoms. The Morgan fingerprint density at radius 3 is 1.53 bits per heavy atom. The van der Waals surface area contributed by atoms with E-state index in [1.807, 2.05) is 0 Å². The Labute approximate surface area is 117 Å². The van der Waals surface area contributed by atoms with Crippen molar-refractivity contribution in [2.24, 2.45) is 0 Å². The number of hydrogen-bond acceptors (Lipinski definition) is 1. The highest BCUT2D eigenvalue weighted by atomic mass is 35.5. The summed E-state index contributed by atoms with van der Waals surface area (Å²) in [5, 5.41) is 0.0866. The lowest BCUT2D eigenvalue weighted by molar-refractivity contribution is -0.110. The summed E-state index contributed by atoms with van der Waals surface area (Å²) < 4.78 is 0. The maximum absolute atomic E-state index is 10.9. The molecule has 0 N–H and O–H groups in total. The highest BCUT2D eigenvalue weighted by molar-refractivity contribution is 7.96. The minimum atomic E-state index is -0.395. The second kappa shape index (κ2) is 5.35. The Morgan fingerprint density at radius 1 is 0.867 bits per heavy atom. The molecule has 0 aromatic heterocycles. The summed E-state index contributed by atoms with van der Waals surface area (Å²) in [4.78, 5) is 10.9. The predicted octanol–water partition coefficient (Wildman–Crippen LogP) is 4.95. The molecule has 1 aromatic carbocycles. The summed E-state index contributed by atoms with van der Waals surface area (Å²) in [5.41, 5.74) is 0.331. The van der Waals surface area contributed by atoms with E-state index in [-0.39, 0.29) is 31.5 Å². The van der Waals surface area contributed by atoms with Crippen LogP contribution in [0.15, 0.2) is 0 Å². The Hall–Kier alpha value is 0.690. The Balaban J connectivity index is 3.45. The van der Waals surface area contributed by atoms with E-state index in [2.05, 4.69) is 12.6 Å². The maximum atomic E-state index is 10.9. The van der Waals surface area contributed by atoms with E-state index in [9.17, 15) is 4.79 Å². The molecule has 0 radical (unpaired) electrons. The van der Waals surface area contributed by atoms with E-state index in [4.69, 9.17) is 58.0 Å². The van der Waals surface area contributed by atoms with Gasteiger partial charge in [-0.15, -0.1) is 12.6 Å². The fourth-order valence-electron chi connectivity index (χ4n) is 0.957. The largest absolute Gasteiger partial charge is 0.287 e. The summed E-state index contributed by atoms with van der Waals surface area (Å²) in [6.45, 7) is 0. The minimum absolute atomic E-state index is 0.0581. The molecule has 0 aliphatic rings. The zero-order valence-electron chi connectivity index (χ0n) is 6.95. The zero-order valence-corrected chi connectivity index (χ0v) is 11.6. The van der Waals surface area contributed by atoms with Crippen LogP contribution in [0, 0.1) is 0 Å². The van der Waals surface area contributed by atoms with Gasteiger partial charge in [0, 0.05) is 12.0 Å². The molecule has 15 heavy (non-hydrogen) atoms. The summed E-state index contributed by atoms with van der Waals surface area (Å²) in [6.07, 6.45) is -0.0581. The highest BCUT2D eigenvalue weighted by Crippen LogP contribution is 2.44. The summed E-state index contributed by atoms with van der Waals surface area (Å²) in [6, 6.07) is 0. The van der Waals surface area contributed by atoms with Crippen LogP contribution in [0.25, 0.3) is 0 Å². The number of carbonyl (C=O) groups excluding carboxylic acids is 1. The summed E-state index contributed by atoms with van der Waals surface area (Å²) in [5.74, 6) is 0. The second-order valence-corrected chi connectivity index (χ2v) is 5.01. The molecule has 1 rings (SSSR count). The van der Waals surface area contributed by atoms with Crippen molar-refractivity contribution in [3.8, 4) is 0 Å². The van der Waals surface area contributed by atoms with Crippen LogP contribution < -0.4 is 0 Å². The van der Waals surface area contributed by atoms with Crippen molar-refractivity contribution in [2.45, 2.75) is 6.42 Å². The SMILES string of the molecule is O=C(S)Cc1c(Cl)c(Cl)c(Cl)c(Cl)c1Cl. The van der Waals surface area contributed by atoms with Gasteiger partial charge in [0.05, 0.1) is 25.1 Å². The molecule has 0 bridgehead atoms. The number of benzene rings is 1. The standard InChI is InChI=1S/C8H3Cl5OS/c9-4-2(1-3(14)15)5(10)7(12)8(13)6(4)11/h1H2,(H,14,15). The molecule has 1 aromatic rings. The highest BCUT2D eigenvalue weighted by Gasteiger charge is 2.19. The first-order valence-electron chi connectivity index (χ1n) is 3.58. The number of thiol groups is 1. The van der Waals surface area contributed by atoms with Gasteiger partial charge in [-0.05, 0) is 0 Å². The van der Waals surface area contributed by atoms with E-state index in [1.54, 1.807) is 0 Å². The quantitative estimate of drug-likeness (QED) is 0.462. The van der Waals surface area contributed by atoms with Gasteiger partial charge in [-0.3, -0.25) is 4.79 Å². The third-order valence-corrected chi connectivity index (χ3v) is 4.14. The second-order valence-electron chi connectivity index (χ2n) is 2.62. The van der Waals surface area contributed by atoms with Crippen molar-refractivity contribution in [2.75, 3.05) is 0 Å². The molecule has 0 amide bonds. The number of carbonyl (C=O) groups is 1. The van der Waals surface area contributed by atoms with Crippen LogP contribution in [0.4, 0.5) is 0 Å². The fraction of sp³-hybridized carbons (Fsp3) is 0.125. The van der Waals surface area contributed by atoms with Crippen LogP contribution in [0.3, 0.4) is 0 Å². The minimum Gasteiger partial charge on any atom is -0.287 e. The smallest absolute Gasteiger partial charge is 0.190 e. The van der Waals surface area contributed by atoms with Crippen LogP contribution in [-0.2, 0) is 11.2 Å². The van der Waals surface area contributed by atoms with Gasteiger partial charge in [0.25, 0.3) is 0 Å². The zero-order chi connectivity index (χ0) is 11.7. The third kappa shape index (κ3) is 2.87. The van der Waals surface area contributed by atoms with Crippen LogP contribution >= 0.6 is 70.6 Å². The molecule has 0 aliphatic heterocycles. The van der Waals surface area contributed by atoms with Gasteiger partial charge in [0.15, 0.2) is 5.12 Å². The average Bonchev–Trinajstić information content (AvgIpc) is 2.18. The van der Waals surface area contributed by atoms with Crippen molar-refractivity contribution in [3.05, 3.63) is 30.7 Å². The molecule has 0 saturated heterocycles. The first kappa shape index (κ1) is 13.8. The van der Waals surface area contributed by atoms with Crippen molar-refractivity contribution < 1.29 is 4.79 Å². The van der Waals surface area contributed by atoms with Gasteiger partial charge >= 0.3 is 0 Å². The van der Waals surface area contributed by atoms with Crippen LogP contribution in [-0.4, -0.2) is 5.12 Å². The topological polar surface area (TPSA) is 17.1 Å². The molecule has 7 heteroatoms. The van der Waals surface area contributed by atoms with Gasteiger partial charge in [-0.2, -0.15) is 0 Å². The molecule has 0 aliphatic carbocycles. The van der Waals surface area contributed by atoms with E-state index in [1.165, 1.54) is 0 Å². The van der Waals surface area contributed by atoms with Gasteiger partial charge in [0.1, 0.15) is 0 Å². The fourth-order valence-corrected chi connectivity index (χ4v) is 2.43. The van der Waals surface area contributed by atoms with E-state index in [0.717, 1.165) is 0 Å². The maximum Gasteiger partial charge on any atom is 0.190 e. The third-order valence-electron chi connectivity index (χ3n) is 1.63. The van der Waals surface area contributed by atoms with Crippen molar-refractivity contribution in [3.63, 3.8) is 0 Å². The normalized spacial score (nSPS) is 10.5. The molecule has 0 unspecified atom stereocenters. The molecule has 82 valence electrons. The number of halogens is 5. The van der Waals surface area contributed by atoms with E-state index in [0.29, 0.717) is 5.56 Å². The Morgan fingerprint density at radius 2 is 1.20 bits per heavy atom. The number of hydrogen-bond donors (Lipinski definition) is 1. The average molecular weight is 324 g/mol. The molecular formula is C8H3Cl5OS. The monoisotopic (exact) mass is 322 g/mol. The van der Waals surface area contributed by atoms with Crippen molar-refractivity contribution >= 4 is 75.7 Å². The molecule has 0 heterocycles. The first-order valence-corrected chi connectivity index (χ1v) is 5.92. The predicted molar refractivity (Wildman–Crippen MR) is 69.2 cm³/mol. The van der Waals surface area contributed by atoms with Gasteiger partial charge in [-0.25, -0.2) is 0 Å². The number of rotatable bonds is 2. The van der Waals surface area contributed by atoms with Crippen molar-refractivity contribution in [1.82, 2.24) is 0 Å². The lowest BCUT2D eigenvalue weighted by atomic mass is 10.1. The molecular weight excluding hydrogens is 321 g/mol. The Bertz CT molecular complexity index is 403. The van der Waals surface area contributed by atoms with Crippen molar-refractivity contribution in [1.29, 1.82) is 0 Å².